The summed E-state index contributed by atoms with van der Waals surface area (Å²) in [5.74, 6) is 2.17. The predicted molar refractivity (Wildman–Crippen MR) is 78.6 cm³/mol. The molecule has 3 N–H and O–H groups in total. The van der Waals surface area contributed by atoms with E-state index in [0.29, 0.717) is 28.8 Å². The van der Waals surface area contributed by atoms with Crippen LogP contribution in [0.15, 0.2) is 39.7 Å². The summed E-state index contributed by atoms with van der Waals surface area (Å²) in [4.78, 5) is 4.26. The van der Waals surface area contributed by atoms with E-state index in [2.05, 4.69) is 4.99 Å². The molecule has 6 heteroatoms. The van der Waals surface area contributed by atoms with Crippen LogP contribution in [0.5, 0.6) is 5.75 Å². The summed E-state index contributed by atoms with van der Waals surface area (Å²) >= 11 is 5.66. The molecule has 1 heterocycles. The van der Waals surface area contributed by atoms with Gasteiger partial charge in [-0.15, -0.1) is 11.6 Å². The molecule has 0 aliphatic rings. The van der Waals surface area contributed by atoms with Crippen LogP contribution < -0.4 is 10.5 Å². The Balaban J connectivity index is 2.51. The number of rotatable bonds is 5. The largest absolute Gasteiger partial charge is 0.497 e. The van der Waals surface area contributed by atoms with E-state index in [0.717, 1.165) is 5.56 Å². The minimum Gasteiger partial charge on any atom is -0.497 e. The second kappa shape index (κ2) is 6.45. The van der Waals surface area contributed by atoms with Gasteiger partial charge < -0.3 is 20.0 Å². The Labute approximate surface area is 121 Å². The average Bonchev–Trinajstić information content (AvgIpc) is 2.95. The Morgan fingerprint density at radius 1 is 1.40 bits per heavy atom. The van der Waals surface area contributed by atoms with Crippen molar-refractivity contribution in [3.05, 3.63) is 36.1 Å². The molecule has 0 unspecified atom stereocenters. The van der Waals surface area contributed by atoms with E-state index in [1.165, 1.54) is 0 Å². The Kier molecular flexibility index (Phi) is 4.65. The summed E-state index contributed by atoms with van der Waals surface area (Å²) in [7, 11) is 1.57. The molecule has 0 aliphatic carbocycles. The summed E-state index contributed by atoms with van der Waals surface area (Å²) in [5.41, 5.74) is 7.03. The van der Waals surface area contributed by atoms with Gasteiger partial charge in [-0.25, -0.2) is 4.99 Å². The van der Waals surface area contributed by atoms with Crippen LogP contribution in [0.3, 0.4) is 0 Å². The highest BCUT2D eigenvalue weighted by Crippen LogP contribution is 2.34. The SMILES string of the molecule is COc1ccc(-c2ccc(CO)o2)c(N=C(N)CCl)c1. The lowest BCUT2D eigenvalue weighted by Gasteiger charge is -2.07. The highest BCUT2D eigenvalue weighted by Gasteiger charge is 2.11. The number of methoxy groups -OCH3 is 1. The van der Waals surface area contributed by atoms with E-state index in [1.807, 2.05) is 6.07 Å². The molecule has 0 amide bonds. The number of aliphatic imine (C=N–C) groups is 1. The maximum Gasteiger partial charge on any atom is 0.136 e. The number of hydrogen-bond acceptors (Lipinski definition) is 4. The van der Waals surface area contributed by atoms with Gasteiger partial charge in [0, 0.05) is 11.6 Å². The average molecular weight is 295 g/mol. The van der Waals surface area contributed by atoms with Gasteiger partial charge in [-0.05, 0) is 24.3 Å². The second-order valence-electron chi connectivity index (χ2n) is 4.04. The number of furan rings is 1. The number of hydrogen-bond donors (Lipinski definition) is 2. The molecule has 0 aliphatic heterocycles. The highest BCUT2D eigenvalue weighted by atomic mass is 35.5. The van der Waals surface area contributed by atoms with Gasteiger partial charge in [0.2, 0.25) is 0 Å². The third-order valence-corrected chi connectivity index (χ3v) is 2.96. The van der Waals surface area contributed by atoms with Gasteiger partial charge in [0.25, 0.3) is 0 Å². The summed E-state index contributed by atoms with van der Waals surface area (Å²) in [6.07, 6.45) is 0. The zero-order valence-electron chi connectivity index (χ0n) is 11.0. The van der Waals surface area contributed by atoms with Crippen molar-refractivity contribution < 1.29 is 14.3 Å². The standard InChI is InChI=1S/C14H15ClN2O3/c1-19-9-2-4-11(12(6-9)17-14(16)7-15)13-5-3-10(8-18)20-13/h2-6,18H,7-8H2,1H3,(H2,16,17). The topological polar surface area (TPSA) is 81.0 Å². The van der Waals surface area contributed by atoms with Gasteiger partial charge in [-0.1, -0.05) is 0 Å². The molecule has 0 atom stereocenters. The highest BCUT2D eigenvalue weighted by molar-refractivity contribution is 6.28. The quantitative estimate of drug-likeness (QED) is 0.505. The lowest BCUT2D eigenvalue weighted by molar-refractivity contribution is 0.248. The number of nitrogens with zero attached hydrogens (tertiary/aromatic N) is 1. The molecule has 0 fully saturated rings. The number of benzene rings is 1. The molecule has 5 nitrogen and oxygen atoms in total. The maximum atomic E-state index is 9.05. The first-order valence-electron chi connectivity index (χ1n) is 5.95. The Bertz CT molecular complexity index is 623. The molecule has 20 heavy (non-hydrogen) atoms. The van der Waals surface area contributed by atoms with E-state index < -0.39 is 0 Å². The van der Waals surface area contributed by atoms with Gasteiger partial charge in [0.1, 0.15) is 29.7 Å². The van der Waals surface area contributed by atoms with Crippen molar-refractivity contribution in [3.63, 3.8) is 0 Å². The number of ether oxygens (including phenoxy) is 1. The number of nitrogens with two attached hydrogens (primary N) is 1. The van der Waals surface area contributed by atoms with Crippen molar-refractivity contribution in [1.29, 1.82) is 0 Å². The van der Waals surface area contributed by atoms with Crippen LogP contribution >= 0.6 is 11.6 Å². The molecule has 106 valence electrons. The van der Waals surface area contributed by atoms with Crippen LogP contribution in [0.2, 0.25) is 0 Å². The predicted octanol–water partition coefficient (Wildman–Crippen LogP) is 2.67. The van der Waals surface area contributed by atoms with E-state index in [-0.39, 0.29) is 12.5 Å². The molecule has 0 saturated heterocycles. The maximum absolute atomic E-state index is 9.05. The van der Waals surface area contributed by atoms with Crippen LogP contribution in [-0.4, -0.2) is 23.9 Å². The van der Waals surface area contributed by atoms with Crippen molar-refractivity contribution in [2.24, 2.45) is 10.7 Å². The van der Waals surface area contributed by atoms with Crippen molar-refractivity contribution in [2.75, 3.05) is 13.0 Å². The lowest BCUT2D eigenvalue weighted by atomic mass is 10.1. The third-order valence-electron chi connectivity index (χ3n) is 2.69. The number of alkyl halides is 1. The monoisotopic (exact) mass is 294 g/mol. The fraction of sp³-hybridized carbons (Fsp3) is 0.214. The molecule has 0 bridgehead atoms. The molecule has 1 aromatic heterocycles. The minimum atomic E-state index is -0.154. The summed E-state index contributed by atoms with van der Waals surface area (Å²) in [5, 5.41) is 9.05. The number of aliphatic hydroxyl groups is 1. The smallest absolute Gasteiger partial charge is 0.136 e. The van der Waals surface area contributed by atoms with Crippen LogP contribution in [0.4, 0.5) is 5.69 Å². The lowest BCUT2D eigenvalue weighted by Crippen LogP contribution is -2.12. The first-order chi connectivity index (χ1) is 9.67. The summed E-state index contributed by atoms with van der Waals surface area (Å²) in [6.45, 7) is -0.154. The fourth-order valence-corrected chi connectivity index (χ4v) is 1.79. The fourth-order valence-electron chi connectivity index (χ4n) is 1.73. The van der Waals surface area contributed by atoms with E-state index >= 15 is 0 Å². The van der Waals surface area contributed by atoms with Gasteiger partial charge in [0.05, 0.1) is 18.7 Å². The Hall–Kier alpha value is -1.98. The Morgan fingerprint density at radius 3 is 2.80 bits per heavy atom. The molecule has 0 spiro atoms. The van der Waals surface area contributed by atoms with E-state index in [1.54, 1.807) is 31.4 Å². The molecule has 2 rings (SSSR count). The minimum absolute atomic E-state index is 0.136. The first kappa shape index (κ1) is 14.4. The number of amidine groups is 1. The van der Waals surface area contributed by atoms with Gasteiger partial charge in [-0.3, -0.25) is 0 Å². The summed E-state index contributed by atoms with van der Waals surface area (Å²) in [6, 6.07) is 8.84. The van der Waals surface area contributed by atoms with Crippen molar-refractivity contribution in [3.8, 4) is 17.1 Å². The third kappa shape index (κ3) is 3.12. The van der Waals surface area contributed by atoms with Gasteiger partial charge >= 0.3 is 0 Å². The summed E-state index contributed by atoms with van der Waals surface area (Å²) < 4.78 is 10.7. The molecule has 0 radical (unpaired) electrons. The first-order valence-corrected chi connectivity index (χ1v) is 6.48. The normalized spacial score (nSPS) is 11.7. The molecule has 1 aromatic carbocycles. The molecular weight excluding hydrogens is 280 g/mol. The number of halogens is 1. The molecule has 0 saturated carbocycles. The van der Waals surface area contributed by atoms with Crippen molar-refractivity contribution in [2.45, 2.75) is 6.61 Å². The van der Waals surface area contributed by atoms with Crippen molar-refractivity contribution in [1.82, 2.24) is 0 Å². The van der Waals surface area contributed by atoms with Crippen LogP contribution in [0.1, 0.15) is 5.76 Å². The van der Waals surface area contributed by atoms with E-state index in [9.17, 15) is 0 Å². The van der Waals surface area contributed by atoms with Crippen LogP contribution in [-0.2, 0) is 6.61 Å². The number of aliphatic hydroxyl groups excluding tert-OH is 1. The van der Waals surface area contributed by atoms with Crippen LogP contribution in [0, 0.1) is 0 Å². The Morgan fingerprint density at radius 2 is 2.20 bits per heavy atom. The zero-order valence-corrected chi connectivity index (χ0v) is 11.7. The van der Waals surface area contributed by atoms with Gasteiger partial charge in [-0.2, -0.15) is 0 Å². The zero-order chi connectivity index (χ0) is 14.5. The van der Waals surface area contributed by atoms with E-state index in [4.69, 9.17) is 31.6 Å². The second-order valence-corrected chi connectivity index (χ2v) is 4.31. The van der Waals surface area contributed by atoms with Gasteiger partial charge in [0.15, 0.2) is 0 Å². The van der Waals surface area contributed by atoms with Crippen molar-refractivity contribution >= 4 is 23.1 Å². The molecule has 2 aromatic rings. The van der Waals surface area contributed by atoms with Crippen LogP contribution in [0.25, 0.3) is 11.3 Å². The molecular formula is C14H15ClN2O3.